The molecule has 0 radical (unpaired) electrons. The predicted octanol–water partition coefficient (Wildman–Crippen LogP) is 2.48. The van der Waals surface area contributed by atoms with Gasteiger partial charge in [-0.1, -0.05) is 6.42 Å². The van der Waals surface area contributed by atoms with Crippen LogP contribution in [0.1, 0.15) is 43.9 Å². The van der Waals surface area contributed by atoms with Crippen molar-refractivity contribution >= 4 is 5.96 Å². The van der Waals surface area contributed by atoms with Crippen molar-refractivity contribution in [3.8, 4) is 0 Å². The first-order valence-corrected chi connectivity index (χ1v) is 8.61. The Hall–Kier alpha value is -1.49. The third-order valence-corrected chi connectivity index (χ3v) is 4.77. The molecule has 0 spiro atoms. The molecular weight excluding hydrogens is 276 g/mol. The molecule has 1 aromatic heterocycles. The van der Waals surface area contributed by atoms with Crippen LogP contribution in [-0.4, -0.2) is 55.5 Å². The lowest BCUT2D eigenvalue weighted by molar-refractivity contribution is 0.146. The van der Waals surface area contributed by atoms with E-state index in [2.05, 4.69) is 26.2 Å². The number of likely N-dealkylation sites (tertiary alicyclic amines) is 2. The summed E-state index contributed by atoms with van der Waals surface area (Å²) < 4.78 is 5.71. The number of hydrogen-bond acceptors (Lipinski definition) is 3. The summed E-state index contributed by atoms with van der Waals surface area (Å²) in [6.07, 6.45) is 8.25. The Morgan fingerprint density at radius 1 is 1.18 bits per heavy atom. The quantitative estimate of drug-likeness (QED) is 0.685. The molecule has 0 aromatic carbocycles. The summed E-state index contributed by atoms with van der Waals surface area (Å²) in [7, 11) is 1.88. The smallest absolute Gasteiger partial charge is 0.193 e. The molecule has 5 heteroatoms. The fraction of sp³-hybridized carbons (Fsp3) is 0.706. The molecule has 0 saturated carbocycles. The number of nitrogens with one attached hydrogen (secondary N) is 1. The fourth-order valence-electron chi connectivity index (χ4n) is 3.57. The molecule has 5 nitrogen and oxygen atoms in total. The summed E-state index contributed by atoms with van der Waals surface area (Å²) in [5.41, 5.74) is 0. The van der Waals surface area contributed by atoms with Crippen molar-refractivity contribution in [1.29, 1.82) is 0 Å². The minimum atomic E-state index is 0.301. The third-order valence-electron chi connectivity index (χ3n) is 4.77. The van der Waals surface area contributed by atoms with Crippen molar-refractivity contribution in [2.24, 2.45) is 4.99 Å². The van der Waals surface area contributed by atoms with E-state index in [1.807, 2.05) is 13.1 Å². The second-order valence-corrected chi connectivity index (χ2v) is 6.25. The van der Waals surface area contributed by atoms with Crippen LogP contribution in [0.15, 0.2) is 27.8 Å². The highest BCUT2D eigenvalue weighted by atomic mass is 16.3. The molecule has 22 heavy (non-hydrogen) atoms. The summed E-state index contributed by atoms with van der Waals surface area (Å²) in [5.74, 6) is 2.09. The van der Waals surface area contributed by atoms with Gasteiger partial charge in [-0.15, -0.1) is 0 Å². The first-order valence-electron chi connectivity index (χ1n) is 8.61. The van der Waals surface area contributed by atoms with E-state index in [9.17, 15) is 0 Å². The summed E-state index contributed by atoms with van der Waals surface area (Å²) in [5, 5.41) is 3.57. The van der Waals surface area contributed by atoms with E-state index in [1.54, 1.807) is 6.26 Å². The summed E-state index contributed by atoms with van der Waals surface area (Å²) in [6.45, 7) is 5.42. The first-order chi connectivity index (χ1) is 10.9. The second kappa shape index (κ2) is 7.68. The minimum absolute atomic E-state index is 0.301. The average Bonchev–Trinajstić information content (AvgIpc) is 3.26. The maximum atomic E-state index is 5.71. The molecule has 2 aliphatic rings. The number of hydrogen-bond donors (Lipinski definition) is 1. The Balaban J connectivity index is 1.64. The van der Waals surface area contributed by atoms with Gasteiger partial charge in [-0.3, -0.25) is 9.89 Å². The zero-order chi connectivity index (χ0) is 15.2. The molecule has 0 aliphatic carbocycles. The summed E-state index contributed by atoms with van der Waals surface area (Å²) in [4.78, 5) is 9.36. The predicted molar refractivity (Wildman–Crippen MR) is 89.0 cm³/mol. The van der Waals surface area contributed by atoms with Crippen molar-refractivity contribution in [3.63, 3.8) is 0 Å². The average molecular weight is 304 g/mol. The van der Waals surface area contributed by atoms with Gasteiger partial charge in [0.25, 0.3) is 0 Å². The van der Waals surface area contributed by atoms with Gasteiger partial charge in [-0.2, -0.15) is 0 Å². The Kier molecular flexibility index (Phi) is 5.38. The van der Waals surface area contributed by atoms with Gasteiger partial charge in [0.15, 0.2) is 5.96 Å². The lowest BCUT2D eigenvalue weighted by Gasteiger charge is -2.34. The van der Waals surface area contributed by atoms with Gasteiger partial charge in [0, 0.05) is 26.7 Å². The van der Waals surface area contributed by atoms with Gasteiger partial charge in [0.1, 0.15) is 5.76 Å². The Morgan fingerprint density at radius 3 is 2.55 bits per heavy atom. The van der Waals surface area contributed by atoms with Crippen LogP contribution in [0.25, 0.3) is 0 Å². The van der Waals surface area contributed by atoms with E-state index in [0.717, 1.165) is 44.4 Å². The summed E-state index contributed by atoms with van der Waals surface area (Å²) in [6, 6.07) is 4.39. The van der Waals surface area contributed by atoms with Crippen LogP contribution in [-0.2, 0) is 0 Å². The molecule has 2 fully saturated rings. The van der Waals surface area contributed by atoms with Crippen LogP contribution < -0.4 is 5.32 Å². The van der Waals surface area contributed by atoms with Crippen molar-refractivity contribution in [3.05, 3.63) is 24.2 Å². The van der Waals surface area contributed by atoms with Gasteiger partial charge in [-0.25, -0.2) is 0 Å². The number of piperidine rings is 1. The van der Waals surface area contributed by atoms with Crippen LogP contribution in [0.2, 0.25) is 0 Å². The topological polar surface area (TPSA) is 44.0 Å². The Bertz CT molecular complexity index is 459. The van der Waals surface area contributed by atoms with E-state index >= 15 is 0 Å². The lowest BCUT2D eigenvalue weighted by Crippen LogP contribution is -2.45. The van der Waals surface area contributed by atoms with Crippen LogP contribution in [0.5, 0.6) is 0 Å². The molecule has 3 rings (SSSR count). The largest absolute Gasteiger partial charge is 0.468 e. The number of rotatable bonds is 4. The molecule has 1 aromatic rings. The zero-order valence-electron chi connectivity index (χ0n) is 13.6. The molecule has 1 unspecified atom stereocenters. The zero-order valence-corrected chi connectivity index (χ0v) is 13.6. The Labute approximate surface area is 133 Å². The molecular formula is C17H28N4O. The van der Waals surface area contributed by atoms with E-state index in [-0.39, 0.29) is 0 Å². The molecule has 3 heterocycles. The summed E-state index contributed by atoms with van der Waals surface area (Å²) >= 11 is 0. The van der Waals surface area contributed by atoms with Crippen molar-refractivity contribution in [2.45, 2.75) is 38.1 Å². The maximum Gasteiger partial charge on any atom is 0.193 e. The maximum absolute atomic E-state index is 5.71. The molecule has 1 atom stereocenters. The number of guanidine groups is 1. The van der Waals surface area contributed by atoms with Crippen molar-refractivity contribution < 1.29 is 4.42 Å². The van der Waals surface area contributed by atoms with E-state index in [1.165, 1.54) is 32.1 Å². The van der Waals surface area contributed by atoms with Crippen LogP contribution in [0, 0.1) is 0 Å². The monoisotopic (exact) mass is 304 g/mol. The lowest BCUT2D eigenvalue weighted by atomic mass is 10.1. The minimum Gasteiger partial charge on any atom is -0.468 e. The van der Waals surface area contributed by atoms with Gasteiger partial charge in [0.2, 0.25) is 0 Å². The highest BCUT2D eigenvalue weighted by molar-refractivity contribution is 5.80. The molecule has 2 aliphatic heterocycles. The molecule has 0 bridgehead atoms. The van der Waals surface area contributed by atoms with Gasteiger partial charge in [0.05, 0.1) is 12.3 Å². The van der Waals surface area contributed by atoms with E-state index < -0.39 is 0 Å². The highest BCUT2D eigenvalue weighted by Crippen LogP contribution is 2.24. The van der Waals surface area contributed by atoms with E-state index in [4.69, 9.17) is 4.42 Å². The van der Waals surface area contributed by atoms with Gasteiger partial charge < -0.3 is 14.6 Å². The highest BCUT2D eigenvalue weighted by Gasteiger charge is 2.25. The fourth-order valence-corrected chi connectivity index (χ4v) is 3.57. The number of aliphatic imine (C=N–C) groups is 1. The molecule has 0 amide bonds. The van der Waals surface area contributed by atoms with Crippen LogP contribution >= 0.6 is 0 Å². The van der Waals surface area contributed by atoms with Crippen molar-refractivity contribution in [2.75, 3.05) is 39.8 Å². The third kappa shape index (κ3) is 3.64. The number of furan rings is 1. The SMILES string of the molecule is CN=C(NCC(c1ccco1)N1CCCCC1)N1CCCC1. The van der Waals surface area contributed by atoms with Crippen LogP contribution in [0.3, 0.4) is 0 Å². The van der Waals surface area contributed by atoms with E-state index in [0.29, 0.717) is 6.04 Å². The first kappa shape index (κ1) is 15.4. The van der Waals surface area contributed by atoms with Crippen LogP contribution in [0.4, 0.5) is 0 Å². The standard InChI is InChI=1S/C17H28N4O/c1-18-17(21-11-5-6-12-21)19-14-15(16-8-7-13-22-16)20-9-3-2-4-10-20/h7-8,13,15H,2-6,9-12,14H2,1H3,(H,18,19). The Morgan fingerprint density at radius 2 is 1.91 bits per heavy atom. The second-order valence-electron chi connectivity index (χ2n) is 6.25. The molecule has 122 valence electrons. The van der Waals surface area contributed by atoms with Gasteiger partial charge >= 0.3 is 0 Å². The van der Waals surface area contributed by atoms with Crippen molar-refractivity contribution in [1.82, 2.24) is 15.1 Å². The van der Waals surface area contributed by atoms with Gasteiger partial charge in [-0.05, 0) is 50.9 Å². The molecule has 1 N–H and O–H groups in total. The molecule has 2 saturated heterocycles. The normalized spacial score (nSPS) is 22.0. The number of nitrogens with zero attached hydrogens (tertiary/aromatic N) is 3.